The summed E-state index contributed by atoms with van der Waals surface area (Å²) in [7, 11) is -3.39. The first-order valence-electron chi connectivity index (χ1n) is 6.90. The Labute approximate surface area is 140 Å². The molecule has 2 aliphatic rings. The van der Waals surface area contributed by atoms with Gasteiger partial charge in [0, 0.05) is 24.1 Å². The molecule has 2 aliphatic heterocycles. The average Bonchev–Trinajstić information content (AvgIpc) is 3.00. The molecule has 7 heteroatoms. The second-order valence-corrected chi connectivity index (χ2v) is 8.71. The van der Waals surface area contributed by atoms with Gasteiger partial charge in [0.2, 0.25) is 10.0 Å². The molecule has 1 unspecified atom stereocenters. The number of hydrogen-bond acceptors (Lipinski definition) is 3. The molecular weight excluding hydrogens is 376 g/mol. The summed E-state index contributed by atoms with van der Waals surface area (Å²) in [6.07, 6.45) is 2.04. The van der Waals surface area contributed by atoms with Crippen molar-refractivity contribution in [1.29, 1.82) is 0 Å². The molecule has 118 valence electrons. The first-order valence-corrected chi connectivity index (χ1v) is 9.13. The Morgan fingerprint density at radius 2 is 2.10 bits per heavy atom. The van der Waals surface area contributed by atoms with Gasteiger partial charge >= 0.3 is 0 Å². The quantitative estimate of drug-likeness (QED) is 0.837. The predicted octanol–water partition coefficient (Wildman–Crippen LogP) is 2.55. The number of halogens is 2. The van der Waals surface area contributed by atoms with Crippen LogP contribution >= 0.6 is 28.3 Å². The lowest BCUT2D eigenvalue weighted by Crippen LogP contribution is -2.33. The molecule has 1 atom stereocenters. The maximum Gasteiger partial charge on any atom is 0.244 e. The molecular formula is C14H20BrClN2O2S. The molecule has 1 N–H and O–H groups in total. The van der Waals surface area contributed by atoms with Crippen LogP contribution in [0.3, 0.4) is 0 Å². The summed E-state index contributed by atoms with van der Waals surface area (Å²) in [5.74, 6) is 0. The second-order valence-electron chi connectivity index (χ2n) is 5.95. The fourth-order valence-corrected chi connectivity index (χ4v) is 5.90. The van der Waals surface area contributed by atoms with Gasteiger partial charge in [-0.05, 0) is 65.4 Å². The van der Waals surface area contributed by atoms with Crippen molar-refractivity contribution in [3.63, 3.8) is 0 Å². The topological polar surface area (TPSA) is 49.4 Å². The number of nitrogens with zero attached hydrogens (tertiary/aromatic N) is 1. The van der Waals surface area contributed by atoms with Crippen LogP contribution in [-0.4, -0.2) is 38.9 Å². The summed E-state index contributed by atoms with van der Waals surface area (Å²) in [5.41, 5.74) is 1.21. The summed E-state index contributed by atoms with van der Waals surface area (Å²) < 4.78 is 27.9. The van der Waals surface area contributed by atoms with Crippen molar-refractivity contribution in [2.24, 2.45) is 5.41 Å². The van der Waals surface area contributed by atoms with Gasteiger partial charge in [-0.3, -0.25) is 0 Å². The molecule has 1 aromatic carbocycles. The standard InChI is InChI=1S/C14H19BrN2O2S.ClH/c1-11-2-3-13(12(15)8-11)20(18,19)17-7-5-14(10-17)4-6-16-9-14;/h2-3,8,16H,4-7,9-10H2,1H3;1H. The van der Waals surface area contributed by atoms with Gasteiger partial charge in [0.15, 0.2) is 0 Å². The van der Waals surface area contributed by atoms with Gasteiger partial charge in [0.25, 0.3) is 0 Å². The van der Waals surface area contributed by atoms with Gasteiger partial charge in [-0.2, -0.15) is 4.31 Å². The van der Waals surface area contributed by atoms with E-state index in [9.17, 15) is 8.42 Å². The van der Waals surface area contributed by atoms with E-state index in [-0.39, 0.29) is 17.8 Å². The number of nitrogens with one attached hydrogen (secondary N) is 1. The SMILES string of the molecule is Cc1ccc(S(=O)(=O)N2CCC3(CCNC3)C2)c(Br)c1.Cl. The summed E-state index contributed by atoms with van der Waals surface area (Å²) >= 11 is 3.39. The minimum atomic E-state index is -3.39. The van der Waals surface area contributed by atoms with E-state index in [2.05, 4.69) is 21.2 Å². The molecule has 3 rings (SSSR count). The smallest absolute Gasteiger partial charge is 0.244 e. The van der Waals surface area contributed by atoms with Crippen LogP contribution in [0.15, 0.2) is 27.6 Å². The molecule has 0 radical (unpaired) electrons. The molecule has 21 heavy (non-hydrogen) atoms. The summed E-state index contributed by atoms with van der Waals surface area (Å²) in [5, 5.41) is 3.35. The first-order chi connectivity index (χ1) is 9.43. The maximum atomic E-state index is 12.8. The maximum absolute atomic E-state index is 12.8. The van der Waals surface area contributed by atoms with Crippen molar-refractivity contribution in [2.75, 3.05) is 26.2 Å². The fourth-order valence-electron chi connectivity index (χ4n) is 3.20. The lowest BCUT2D eigenvalue weighted by molar-refractivity contribution is 0.338. The highest BCUT2D eigenvalue weighted by atomic mass is 79.9. The Morgan fingerprint density at radius 3 is 2.71 bits per heavy atom. The second kappa shape index (κ2) is 6.16. The third-order valence-corrected chi connectivity index (χ3v) is 7.26. The molecule has 2 saturated heterocycles. The first kappa shape index (κ1) is 17.2. The number of aryl methyl sites for hydroxylation is 1. The highest BCUT2D eigenvalue weighted by Gasteiger charge is 2.44. The van der Waals surface area contributed by atoms with Gasteiger partial charge in [-0.15, -0.1) is 12.4 Å². The molecule has 0 saturated carbocycles. The van der Waals surface area contributed by atoms with Crippen molar-refractivity contribution in [1.82, 2.24) is 9.62 Å². The van der Waals surface area contributed by atoms with Crippen molar-refractivity contribution < 1.29 is 8.42 Å². The van der Waals surface area contributed by atoms with E-state index in [1.807, 2.05) is 19.1 Å². The molecule has 1 spiro atoms. The van der Waals surface area contributed by atoms with Crippen LogP contribution in [0.4, 0.5) is 0 Å². The van der Waals surface area contributed by atoms with Gasteiger partial charge in [0.05, 0.1) is 4.90 Å². The minimum absolute atomic E-state index is 0. The third kappa shape index (κ3) is 3.15. The highest BCUT2D eigenvalue weighted by molar-refractivity contribution is 9.10. The van der Waals surface area contributed by atoms with E-state index in [1.54, 1.807) is 10.4 Å². The lowest BCUT2D eigenvalue weighted by Gasteiger charge is -2.23. The van der Waals surface area contributed by atoms with Crippen molar-refractivity contribution in [2.45, 2.75) is 24.7 Å². The van der Waals surface area contributed by atoms with Gasteiger partial charge in [0.1, 0.15) is 0 Å². The molecule has 0 aromatic heterocycles. The van der Waals surface area contributed by atoms with Crippen molar-refractivity contribution in [3.8, 4) is 0 Å². The lowest BCUT2D eigenvalue weighted by atomic mass is 9.87. The molecule has 0 bridgehead atoms. The molecule has 1 aromatic rings. The normalized spacial score (nSPS) is 26.2. The minimum Gasteiger partial charge on any atom is -0.316 e. The molecule has 0 aliphatic carbocycles. The summed E-state index contributed by atoms with van der Waals surface area (Å²) in [6, 6.07) is 5.41. The van der Waals surface area contributed by atoms with Crippen LogP contribution in [0.5, 0.6) is 0 Å². The zero-order valence-corrected chi connectivity index (χ0v) is 15.2. The zero-order chi connectivity index (χ0) is 14.4. The van der Waals surface area contributed by atoms with Crippen LogP contribution < -0.4 is 5.32 Å². The van der Waals surface area contributed by atoms with Gasteiger partial charge in [-0.1, -0.05) is 6.07 Å². The third-order valence-electron chi connectivity index (χ3n) is 4.44. The van der Waals surface area contributed by atoms with Gasteiger partial charge in [-0.25, -0.2) is 8.42 Å². The van der Waals surface area contributed by atoms with E-state index in [0.717, 1.165) is 31.5 Å². The zero-order valence-electron chi connectivity index (χ0n) is 11.9. The number of benzene rings is 1. The van der Waals surface area contributed by atoms with Crippen LogP contribution in [0, 0.1) is 12.3 Å². The van der Waals surface area contributed by atoms with E-state index in [1.165, 1.54) is 0 Å². The Hall–Kier alpha value is -0.140. The van der Waals surface area contributed by atoms with Crippen LogP contribution in [0.25, 0.3) is 0 Å². The molecule has 2 heterocycles. The van der Waals surface area contributed by atoms with Crippen molar-refractivity contribution in [3.05, 3.63) is 28.2 Å². The largest absolute Gasteiger partial charge is 0.316 e. The number of hydrogen-bond donors (Lipinski definition) is 1. The molecule has 2 fully saturated rings. The van der Waals surface area contributed by atoms with E-state index >= 15 is 0 Å². The van der Waals surface area contributed by atoms with Crippen LogP contribution in [0.2, 0.25) is 0 Å². The summed E-state index contributed by atoms with van der Waals surface area (Å²) in [6.45, 7) is 5.17. The highest BCUT2D eigenvalue weighted by Crippen LogP contribution is 2.39. The Bertz CT molecular complexity index is 630. The average molecular weight is 396 g/mol. The van der Waals surface area contributed by atoms with Crippen molar-refractivity contribution >= 4 is 38.4 Å². The predicted molar refractivity (Wildman–Crippen MR) is 89.4 cm³/mol. The van der Waals surface area contributed by atoms with E-state index < -0.39 is 10.0 Å². The Kier molecular flexibility index (Phi) is 5.05. The van der Waals surface area contributed by atoms with E-state index in [4.69, 9.17) is 0 Å². The van der Waals surface area contributed by atoms with Crippen LogP contribution in [-0.2, 0) is 10.0 Å². The summed E-state index contributed by atoms with van der Waals surface area (Å²) in [4.78, 5) is 0.381. The number of rotatable bonds is 2. The van der Waals surface area contributed by atoms with Gasteiger partial charge < -0.3 is 5.32 Å². The Morgan fingerprint density at radius 1 is 1.33 bits per heavy atom. The monoisotopic (exact) mass is 394 g/mol. The Balaban J connectivity index is 0.00000161. The fraction of sp³-hybridized carbons (Fsp3) is 0.571. The van der Waals surface area contributed by atoms with E-state index in [0.29, 0.717) is 22.5 Å². The molecule has 0 amide bonds. The number of sulfonamides is 1. The van der Waals surface area contributed by atoms with Crippen LogP contribution in [0.1, 0.15) is 18.4 Å². The molecule has 4 nitrogen and oxygen atoms in total.